The lowest BCUT2D eigenvalue weighted by Gasteiger charge is -2.01. The Morgan fingerprint density at radius 2 is 2.11 bits per heavy atom. The number of carbonyl (C=O) groups excluding carboxylic acids is 1. The third kappa shape index (κ3) is 2.91. The molecule has 0 fully saturated rings. The van der Waals surface area contributed by atoms with Gasteiger partial charge in [0.2, 0.25) is 5.82 Å². The number of hydrogen-bond acceptors (Lipinski definition) is 4. The van der Waals surface area contributed by atoms with E-state index in [-0.39, 0.29) is 17.6 Å². The Morgan fingerprint density at radius 3 is 2.72 bits per heavy atom. The van der Waals surface area contributed by atoms with Crippen molar-refractivity contribution in [3.63, 3.8) is 0 Å². The van der Waals surface area contributed by atoms with Crippen LogP contribution in [0.25, 0.3) is 0 Å². The second-order valence-corrected chi connectivity index (χ2v) is 4.24. The van der Waals surface area contributed by atoms with Gasteiger partial charge in [0.1, 0.15) is 5.82 Å². The van der Waals surface area contributed by atoms with E-state index in [1.807, 2.05) is 26.0 Å². The van der Waals surface area contributed by atoms with Gasteiger partial charge in [0, 0.05) is 24.9 Å². The van der Waals surface area contributed by atoms with E-state index in [1.165, 1.54) is 0 Å². The topological polar surface area (TPSA) is 83.6 Å². The third-order valence-corrected chi connectivity index (χ3v) is 2.46. The highest BCUT2D eigenvalue weighted by molar-refractivity contribution is 5.90. The highest BCUT2D eigenvalue weighted by atomic mass is 16.2. The Morgan fingerprint density at radius 1 is 1.39 bits per heavy atom. The highest BCUT2D eigenvalue weighted by Gasteiger charge is 2.13. The molecule has 0 saturated carbocycles. The van der Waals surface area contributed by atoms with Gasteiger partial charge in [-0.25, -0.2) is 4.98 Å². The number of aromatic nitrogens is 4. The summed E-state index contributed by atoms with van der Waals surface area (Å²) in [5.41, 5.74) is 0.984. The molecular formula is C12H15N5O. The van der Waals surface area contributed by atoms with Crippen molar-refractivity contribution in [2.45, 2.75) is 26.3 Å². The summed E-state index contributed by atoms with van der Waals surface area (Å²) in [4.78, 5) is 19.8. The van der Waals surface area contributed by atoms with Crippen LogP contribution < -0.4 is 5.32 Å². The monoisotopic (exact) mass is 245 g/mol. The Labute approximate surface area is 105 Å². The molecule has 0 aliphatic heterocycles. The van der Waals surface area contributed by atoms with Gasteiger partial charge in [0.15, 0.2) is 0 Å². The first-order valence-corrected chi connectivity index (χ1v) is 5.76. The van der Waals surface area contributed by atoms with Gasteiger partial charge in [-0.1, -0.05) is 13.8 Å². The number of pyridine rings is 1. The molecule has 2 heterocycles. The van der Waals surface area contributed by atoms with Gasteiger partial charge in [-0.2, -0.15) is 0 Å². The van der Waals surface area contributed by atoms with Crippen LogP contribution in [0.1, 0.15) is 41.8 Å². The lowest BCUT2D eigenvalue weighted by molar-refractivity contribution is 0.0941. The van der Waals surface area contributed by atoms with Gasteiger partial charge in [-0.15, -0.1) is 5.10 Å². The lowest BCUT2D eigenvalue weighted by atomic mass is 10.2. The molecule has 0 atom stereocenters. The Bertz CT molecular complexity index is 520. The first kappa shape index (κ1) is 12.2. The van der Waals surface area contributed by atoms with Crippen LogP contribution in [0.15, 0.2) is 24.5 Å². The summed E-state index contributed by atoms with van der Waals surface area (Å²) in [7, 11) is 0. The van der Waals surface area contributed by atoms with E-state index in [9.17, 15) is 4.79 Å². The van der Waals surface area contributed by atoms with E-state index >= 15 is 0 Å². The van der Waals surface area contributed by atoms with Crippen molar-refractivity contribution in [1.82, 2.24) is 25.5 Å². The van der Waals surface area contributed by atoms with Crippen LogP contribution in [0.3, 0.4) is 0 Å². The molecule has 0 spiro atoms. The van der Waals surface area contributed by atoms with Crippen molar-refractivity contribution in [3.8, 4) is 0 Å². The van der Waals surface area contributed by atoms with Crippen molar-refractivity contribution in [2.75, 3.05) is 0 Å². The third-order valence-electron chi connectivity index (χ3n) is 2.46. The normalized spacial score (nSPS) is 10.6. The van der Waals surface area contributed by atoms with Gasteiger partial charge in [0.25, 0.3) is 5.91 Å². The average molecular weight is 245 g/mol. The summed E-state index contributed by atoms with van der Waals surface area (Å²) < 4.78 is 0. The smallest absolute Gasteiger partial charge is 0.291 e. The standard InChI is InChI=1S/C12H15N5O/c1-8(2)10-15-11(17-16-10)12(18)14-7-9-3-5-13-6-4-9/h3-6,8H,7H2,1-2H3,(H,14,18)(H,15,16,17). The molecule has 94 valence electrons. The molecule has 0 unspecified atom stereocenters. The quantitative estimate of drug-likeness (QED) is 0.849. The maximum Gasteiger partial charge on any atom is 0.291 e. The van der Waals surface area contributed by atoms with Crippen LogP contribution in [0.4, 0.5) is 0 Å². The predicted octanol–water partition coefficient (Wildman–Crippen LogP) is 1.25. The number of carbonyl (C=O) groups is 1. The van der Waals surface area contributed by atoms with Crippen LogP contribution in [0.5, 0.6) is 0 Å². The molecule has 0 aliphatic carbocycles. The molecule has 0 aromatic carbocycles. The van der Waals surface area contributed by atoms with E-state index in [0.717, 1.165) is 5.56 Å². The highest BCUT2D eigenvalue weighted by Crippen LogP contribution is 2.07. The molecule has 0 radical (unpaired) electrons. The number of hydrogen-bond donors (Lipinski definition) is 2. The van der Waals surface area contributed by atoms with Crippen LogP contribution in [-0.4, -0.2) is 26.1 Å². The van der Waals surface area contributed by atoms with Crippen molar-refractivity contribution < 1.29 is 4.79 Å². The molecule has 0 bridgehead atoms. The van der Waals surface area contributed by atoms with Gasteiger partial charge in [-0.3, -0.25) is 14.9 Å². The fraction of sp³-hybridized carbons (Fsp3) is 0.333. The molecule has 0 aliphatic rings. The zero-order chi connectivity index (χ0) is 13.0. The van der Waals surface area contributed by atoms with E-state index in [0.29, 0.717) is 12.4 Å². The van der Waals surface area contributed by atoms with Crippen LogP contribution >= 0.6 is 0 Å². The summed E-state index contributed by atoms with van der Waals surface area (Å²) in [5.74, 6) is 0.825. The molecule has 2 aromatic heterocycles. The molecule has 6 nitrogen and oxygen atoms in total. The zero-order valence-electron chi connectivity index (χ0n) is 10.3. The Hall–Kier alpha value is -2.24. The Balaban J connectivity index is 1.95. The molecule has 1 amide bonds. The van der Waals surface area contributed by atoms with Crippen LogP contribution in [0, 0.1) is 0 Å². The maximum absolute atomic E-state index is 11.8. The molecule has 2 rings (SSSR count). The second kappa shape index (κ2) is 5.39. The van der Waals surface area contributed by atoms with Crippen molar-refractivity contribution in [3.05, 3.63) is 41.7 Å². The van der Waals surface area contributed by atoms with E-state index in [1.54, 1.807) is 12.4 Å². The van der Waals surface area contributed by atoms with Gasteiger partial charge in [0.05, 0.1) is 0 Å². The van der Waals surface area contributed by atoms with Crippen molar-refractivity contribution in [1.29, 1.82) is 0 Å². The number of aromatic amines is 1. The Kier molecular flexibility index (Phi) is 3.66. The molecular weight excluding hydrogens is 230 g/mol. The van der Waals surface area contributed by atoms with Gasteiger partial charge in [-0.05, 0) is 17.7 Å². The fourth-order valence-corrected chi connectivity index (χ4v) is 1.40. The zero-order valence-corrected chi connectivity index (χ0v) is 10.3. The predicted molar refractivity (Wildman–Crippen MR) is 65.9 cm³/mol. The molecule has 0 saturated heterocycles. The lowest BCUT2D eigenvalue weighted by Crippen LogP contribution is -2.24. The average Bonchev–Trinajstić information content (AvgIpc) is 2.87. The van der Waals surface area contributed by atoms with Crippen molar-refractivity contribution in [2.24, 2.45) is 0 Å². The van der Waals surface area contributed by atoms with Crippen LogP contribution in [-0.2, 0) is 6.54 Å². The maximum atomic E-state index is 11.8. The SMILES string of the molecule is CC(C)c1nc(C(=O)NCc2ccncc2)n[nH]1. The first-order chi connectivity index (χ1) is 8.66. The number of amides is 1. The molecule has 18 heavy (non-hydrogen) atoms. The second-order valence-electron chi connectivity index (χ2n) is 4.24. The largest absolute Gasteiger partial charge is 0.345 e. The van der Waals surface area contributed by atoms with E-state index < -0.39 is 0 Å². The first-order valence-electron chi connectivity index (χ1n) is 5.76. The molecule has 2 N–H and O–H groups in total. The van der Waals surface area contributed by atoms with Gasteiger partial charge >= 0.3 is 0 Å². The minimum absolute atomic E-state index is 0.174. The minimum Gasteiger partial charge on any atom is -0.345 e. The van der Waals surface area contributed by atoms with Gasteiger partial charge < -0.3 is 5.32 Å². The number of nitrogens with one attached hydrogen (secondary N) is 2. The fourth-order valence-electron chi connectivity index (χ4n) is 1.40. The summed E-state index contributed by atoms with van der Waals surface area (Å²) in [6, 6.07) is 3.69. The summed E-state index contributed by atoms with van der Waals surface area (Å²) in [5, 5.41) is 9.40. The van der Waals surface area contributed by atoms with E-state index in [4.69, 9.17) is 0 Å². The number of H-pyrrole nitrogens is 1. The van der Waals surface area contributed by atoms with Crippen LogP contribution in [0.2, 0.25) is 0 Å². The van der Waals surface area contributed by atoms with Crippen molar-refractivity contribution >= 4 is 5.91 Å². The summed E-state index contributed by atoms with van der Waals surface area (Å²) >= 11 is 0. The number of nitrogens with zero attached hydrogens (tertiary/aromatic N) is 3. The molecule has 2 aromatic rings. The summed E-state index contributed by atoms with van der Waals surface area (Å²) in [6.07, 6.45) is 3.37. The molecule has 6 heteroatoms. The minimum atomic E-state index is -0.282. The van der Waals surface area contributed by atoms with E-state index in [2.05, 4.69) is 25.5 Å². The number of rotatable bonds is 4. The summed E-state index contributed by atoms with van der Waals surface area (Å²) in [6.45, 7) is 4.41.